The summed E-state index contributed by atoms with van der Waals surface area (Å²) in [6.45, 7) is 1.11. The van der Waals surface area contributed by atoms with Gasteiger partial charge in [0, 0.05) is 13.7 Å². The highest BCUT2D eigenvalue weighted by molar-refractivity contribution is 4.76. The molecule has 0 aromatic heterocycles. The van der Waals surface area contributed by atoms with Crippen LogP contribution in [0.4, 0.5) is 0 Å². The third-order valence-electron chi connectivity index (χ3n) is 2.61. The molecule has 1 saturated carbocycles. The van der Waals surface area contributed by atoms with Crippen molar-refractivity contribution in [3.05, 3.63) is 0 Å². The zero-order valence-electron chi connectivity index (χ0n) is 7.60. The number of methoxy groups -OCH3 is 1. The van der Waals surface area contributed by atoms with Crippen LogP contribution in [-0.4, -0.2) is 26.8 Å². The molecule has 2 nitrogen and oxygen atoms in total. The molecule has 2 atom stereocenters. The Kier molecular flexibility index (Phi) is 3.87. The normalized spacial score (nSPS) is 32.2. The lowest BCUT2D eigenvalue weighted by Crippen LogP contribution is -2.33. The molecule has 0 radical (unpaired) electrons. The van der Waals surface area contributed by atoms with Gasteiger partial charge < -0.3 is 10.1 Å². The highest BCUT2D eigenvalue weighted by atomic mass is 16.5. The van der Waals surface area contributed by atoms with Crippen molar-refractivity contribution in [3.63, 3.8) is 0 Å². The molecule has 0 amide bonds. The molecule has 1 fully saturated rings. The van der Waals surface area contributed by atoms with Crippen molar-refractivity contribution in [1.29, 1.82) is 0 Å². The summed E-state index contributed by atoms with van der Waals surface area (Å²) in [5, 5.41) is 3.22. The number of ether oxygens (including phenoxy) is 1. The first-order chi connectivity index (χ1) is 5.38. The van der Waals surface area contributed by atoms with Crippen LogP contribution in [0.1, 0.15) is 25.7 Å². The summed E-state index contributed by atoms with van der Waals surface area (Å²) in [5.41, 5.74) is 0. The van der Waals surface area contributed by atoms with Gasteiger partial charge in [-0.25, -0.2) is 0 Å². The van der Waals surface area contributed by atoms with E-state index in [4.69, 9.17) is 4.74 Å². The minimum Gasteiger partial charge on any atom is -0.381 e. The number of hydrogen-bond acceptors (Lipinski definition) is 2. The van der Waals surface area contributed by atoms with Crippen LogP contribution in [0.5, 0.6) is 0 Å². The average Bonchev–Trinajstić information content (AvgIpc) is 2.06. The van der Waals surface area contributed by atoms with Gasteiger partial charge in [0.15, 0.2) is 0 Å². The number of rotatable bonds is 3. The van der Waals surface area contributed by atoms with Crippen molar-refractivity contribution in [2.45, 2.75) is 31.8 Å². The highest BCUT2D eigenvalue weighted by Crippen LogP contribution is 2.25. The first-order valence-corrected chi connectivity index (χ1v) is 4.56. The monoisotopic (exact) mass is 157 g/mol. The maximum Gasteiger partial charge on any atom is 0.0611 e. The smallest absolute Gasteiger partial charge is 0.0611 e. The van der Waals surface area contributed by atoms with Crippen LogP contribution < -0.4 is 5.32 Å². The van der Waals surface area contributed by atoms with E-state index in [1.54, 1.807) is 0 Å². The molecule has 0 bridgehead atoms. The summed E-state index contributed by atoms with van der Waals surface area (Å²) in [6, 6.07) is 0. The van der Waals surface area contributed by atoms with Gasteiger partial charge in [-0.2, -0.15) is 0 Å². The van der Waals surface area contributed by atoms with Gasteiger partial charge in [-0.05, 0) is 25.8 Å². The number of hydrogen-bond donors (Lipinski definition) is 1. The molecule has 1 rings (SSSR count). The van der Waals surface area contributed by atoms with Crippen LogP contribution in [0.25, 0.3) is 0 Å². The summed E-state index contributed by atoms with van der Waals surface area (Å²) < 4.78 is 5.42. The molecule has 66 valence electrons. The van der Waals surface area contributed by atoms with Crippen LogP contribution in [-0.2, 0) is 4.74 Å². The van der Waals surface area contributed by atoms with Gasteiger partial charge in [-0.15, -0.1) is 0 Å². The molecule has 1 aliphatic carbocycles. The van der Waals surface area contributed by atoms with E-state index in [-0.39, 0.29) is 0 Å². The minimum absolute atomic E-state index is 0.510. The second-order valence-electron chi connectivity index (χ2n) is 3.38. The molecule has 11 heavy (non-hydrogen) atoms. The largest absolute Gasteiger partial charge is 0.381 e. The zero-order valence-corrected chi connectivity index (χ0v) is 7.60. The Morgan fingerprint density at radius 1 is 1.36 bits per heavy atom. The van der Waals surface area contributed by atoms with Crippen molar-refractivity contribution in [2.24, 2.45) is 5.92 Å². The van der Waals surface area contributed by atoms with Gasteiger partial charge in [0.2, 0.25) is 0 Å². The van der Waals surface area contributed by atoms with Crippen LogP contribution in [0, 0.1) is 5.92 Å². The Bertz CT molecular complexity index is 104. The van der Waals surface area contributed by atoms with E-state index in [2.05, 4.69) is 5.32 Å². The lowest BCUT2D eigenvalue weighted by molar-refractivity contribution is 0.0247. The molecule has 2 heteroatoms. The molecule has 0 aromatic carbocycles. The Hall–Kier alpha value is -0.0800. The summed E-state index contributed by atoms with van der Waals surface area (Å²) in [7, 11) is 3.85. The molecule has 1 aliphatic rings. The third kappa shape index (κ3) is 2.46. The Morgan fingerprint density at radius 2 is 2.09 bits per heavy atom. The predicted molar refractivity (Wildman–Crippen MR) is 46.7 cm³/mol. The topological polar surface area (TPSA) is 21.3 Å². The molecule has 0 spiro atoms. The van der Waals surface area contributed by atoms with Crippen LogP contribution >= 0.6 is 0 Å². The zero-order chi connectivity index (χ0) is 8.10. The van der Waals surface area contributed by atoms with Crippen molar-refractivity contribution in [1.82, 2.24) is 5.32 Å². The fraction of sp³-hybridized carbons (Fsp3) is 1.00. The Labute approximate surface area is 69.3 Å². The lowest BCUT2D eigenvalue weighted by Gasteiger charge is -2.30. The maximum atomic E-state index is 5.42. The first-order valence-electron chi connectivity index (χ1n) is 4.56. The van der Waals surface area contributed by atoms with Crippen molar-refractivity contribution < 1.29 is 4.74 Å². The van der Waals surface area contributed by atoms with Gasteiger partial charge in [-0.3, -0.25) is 0 Å². The van der Waals surface area contributed by atoms with E-state index in [1.807, 2.05) is 14.2 Å². The summed E-state index contributed by atoms with van der Waals surface area (Å²) in [4.78, 5) is 0. The van der Waals surface area contributed by atoms with Gasteiger partial charge in [0.25, 0.3) is 0 Å². The minimum atomic E-state index is 0.510. The predicted octanol–water partition coefficient (Wildman–Crippen LogP) is 1.41. The first kappa shape index (κ1) is 9.01. The fourth-order valence-electron chi connectivity index (χ4n) is 1.98. The van der Waals surface area contributed by atoms with Gasteiger partial charge in [0.05, 0.1) is 6.10 Å². The maximum absolute atomic E-state index is 5.42. The summed E-state index contributed by atoms with van der Waals surface area (Å²) in [6.07, 6.45) is 5.82. The quantitative estimate of drug-likeness (QED) is 0.669. The van der Waals surface area contributed by atoms with E-state index < -0.39 is 0 Å². The molecule has 1 N–H and O–H groups in total. The average molecular weight is 157 g/mol. The van der Waals surface area contributed by atoms with E-state index in [0.717, 1.165) is 12.5 Å². The van der Waals surface area contributed by atoms with Crippen LogP contribution in [0.2, 0.25) is 0 Å². The van der Waals surface area contributed by atoms with E-state index in [0.29, 0.717) is 6.10 Å². The summed E-state index contributed by atoms with van der Waals surface area (Å²) in [5.74, 6) is 0.749. The van der Waals surface area contributed by atoms with Crippen LogP contribution in [0.15, 0.2) is 0 Å². The SMILES string of the molecule is CNCC1CCCC[C@H]1OC. The lowest BCUT2D eigenvalue weighted by atomic mass is 9.86. The van der Waals surface area contributed by atoms with Crippen molar-refractivity contribution in [2.75, 3.05) is 20.7 Å². The molecular weight excluding hydrogens is 138 g/mol. The molecular formula is C9H19NO. The Morgan fingerprint density at radius 3 is 2.73 bits per heavy atom. The highest BCUT2D eigenvalue weighted by Gasteiger charge is 2.23. The van der Waals surface area contributed by atoms with Crippen molar-refractivity contribution >= 4 is 0 Å². The molecule has 0 aliphatic heterocycles. The molecule has 0 aromatic rings. The van der Waals surface area contributed by atoms with E-state index in [9.17, 15) is 0 Å². The molecule has 0 heterocycles. The molecule has 0 saturated heterocycles. The number of nitrogens with one attached hydrogen (secondary N) is 1. The third-order valence-corrected chi connectivity index (χ3v) is 2.61. The van der Waals surface area contributed by atoms with Crippen molar-refractivity contribution in [3.8, 4) is 0 Å². The fourth-order valence-corrected chi connectivity index (χ4v) is 1.98. The van der Waals surface area contributed by atoms with Gasteiger partial charge in [0.1, 0.15) is 0 Å². The van der Waals surface area contributed by atoms with E-state index >= 15 is 0 Å². The Balaban J connectivity index is 2.31. The van der Waals surface area contributed by atoms with Gasteiger partial charge >= 0.3 is 0 Å². The standard InChI is InChI=1S/C9H19NO/c1-10-7-8-5-3-4-6-9(8)11-2/h8-10H,3-7H2,1-2H3/t8?,9-/m1/s1. The van der Waals surface area contributed by atoms with Crippen LogP contribution in [0.3, 0.4) is 0 Å². The second kappa shape index (κ2) is 4.73. The van der Waals surface area contributed by atoms with E-state index in [1.165, 1.54) is 25.7 Å². The summed E-state index contributed by atoms with van der Waals surface area (Å²) >= 11 is 0. The second-order valence-corrected chi connectivity index (χ2v) is 3.38. The molecule has 1 unspecified atom stereocenters. The van der Waals surface area contributed by atoms with Gasteiger partial charge in [-0.1, -0.05) is 12.8 Å².